The van der Waals surface area contributed by atoms with Crippen molar-refractivity contribution >= 4 is 23.2 Å². The van der Waals surface area contributed by atoms with Crippen LogP contribution in [0.4, 0.5) is 0 Å². The molecule has 26 heavy (non-hydrogen) atoms. The third kappa shape index (κ3) is 3.42. The van der Waals surface area contributed by atoms with Crippen molar-refractivity contribution in [3.63, 3.8) is 0 Å². The van der Waals surface area contributed by atoms with Crippen LogP contribution in [0.5, 0.6) is 5.75 Å². The number of halogens is 2. The SMILES string of the molecule is CC(C)(c1ccc(O)cc1)c1cc(Cl)c(-c2ccc(Cl)cc2)c(C#N)c1. The molecule has 0 heterocycles. The lowest BCUT2D eigenvalue weighted by Gasteiger charge is -2.27. The molecular formula is C22H17Cl2NO. The zero-order chi connectivity index (χ0) is 18.9. The van der Waals surface area contributed by atoms with Crippen molar-refractivity contribution in [3.8, 4) is 22.9 Å². The quantitative estimate of drug-likeness (QED) is 0.557. The Hall–Kier alpha value is -2.47. The summed E-state index contributed by atoms with van der Waals surface area (Å²) in [6.45, 7) is 4.13. The monoisotopic (exact) mass is 381 g/mol. The largest absolute Gasteiger partial charge is 0.508 e. The van der Waals surface area contributed by atoms with Gasteiger partial charge in [0.1, 0.15) is 5.75 Å². The normalized spacial score (nSPS) is 11.2. The first-order valence-electron chi connectivity index (χ1n) is 8.12. The Kier molecular flexibility index (Phi) is 4.96. The van der Waals surface area contributed by atoms with Gasteiger partial charge in [0.25, 0.3) is 0 Å². The van der Waals surface area contributed by atoms with Gasteiger partial charge in [-0.25, -0.2) is 0 Å². The standard InChI is InChI=1S/C22H17Cl2NO/c1-22(2,16-5-9-19(26)10-6-16)17-11-15(13-25)21(20(24)12-17)14-3-7-18(23)8-4-14/h3-12,26H,1-2H3. The molecule has 3 aromatic rings. The van der Waals surface area contributed by atoms with Crippen LogP contribution in [0.1, 0.15) is 30.5 Å². The van der Waals surface area contributed by atoms with Gasteiger partial charge in [0.15, 0.2) is 0 Å². The minimum atomic E-state index is -0.374. The molecule has 0 amide bonds. The smallest absolute Gasteiger partial charge is 0.115 e. The first kappa shape index (κ1) is 18.3. The van der Waals surface area contributed by atoms with Crippen LogP contribution in [0.25, 0.3) is 11.1 Å². The van der Waals surface area contributed by atoms with E-state index < -0.39 is 0 Å². The molecule has 0 aromatic heterocycles. The molecule has 0 saturated heterocycles. The van der Waals surface area contributed by atoms with Gasteiger partial charge in [-0.2, -0.15) is 5.26 Å². The molecule has 130 valence electrons. The lowest BCUT2D eigenvalue weighted by molar-refractivity contribution is 0.474. The molecule has 0 fully saturated rings. The molecule has 2 nitrogen and oxygen atoms in total. The number of phenols is 1. The van der Waals surface area contributed by atoms with Gasteiger partial charge in [0, 0.05) is 16.0 Å². The van der Waals surface area contributed by atoms with E-state index in [-0.39, 0.29) is 11.2 Å². The number of nitrogens with zero attached hydrogens (tertiary/aromatic N) is 1. The summed E-state index contributed by atoms with van der Waals surface area (Å²) in [4.78, 5) is 0. The van der Waals surface area contributed by atoms with Crippen LogP contribution in [0.2, 0.25) is 10.0 Å². The Morgan fingerprint density at radius 3 is 2.08 bits per heavy atom. The highest BCUT2D eigenvalue weighted by molar-refractivity contribution is 6.34. The van der Waals surface area contributed by atoms with E-state index in [1.807, 2.05) is 36.4 Å². The summed E-state index contributed by atoms with van der Waals surface area (Å²) < 4.78 is 0. The fraction of sp³-hybridized carbons (Fsp3) is 0.136. The second kappa shape index (κ2) is 7.03. The van der Waals surface area contributed by atoms with Crippen LogP contribution < -0.4 is 0 Å². The van der Waals surface area contributed by atoms with Gasteiger partial charge in [-0.15, -0.1) is 0 Å². The van der Waals surface area contributed by atoms with Crippen LogP contribution in [0, 0.1) is 11.3 Å². The fourth-order valence-corrected chi connectivity index (χ4v) is 3.46. The molecule has 4 heteroatoms. The molecule has 0 radical (unpaired) electrons. The number of nitriles is 1. The van der Waals surface area contributed by atoms with Gasteiger partial charge in [-0.05, 0) is 53.1 Å². The molecular weight excluding hydrogens is 365 g/mol. The van der Waals surface area contributed by atoms with Crippen molar-refractivity contribution < 1.29 is 5.11 Å². The van der Waals surface area contributed by atoms with Crippen LogP contribution in [-0.2, 0) is 5.41 Å². The molecule has 0 aliphatic heterocycles. The summed E-state index contributed by atoms with van der Waals surface area (Å²) >= 11 is 12.5. The minimum absolute atomic E-state index is 0.221. The Morgan fingerprint density at radius 1 is 0.885 bits per heavy atom. The number of hydrogen-bond donors (Lipinski definition) is 1. The topological polar surface area (TPSA) is 44.0 Å². The highest BCUT2D eigenvalue weighted by Gasteiger charge is 2.25. The molecule has 0 saturated carbocycles. The molecule has 0 aliphatic rings. The van der Waals surface area contributed by atoms with Gasteiger partial charge in [0.2, 0.25) is 0 Å². The van der Waals surface area contributed by atoms with E-state index in [4.69, 9.17) is 23.2 Å². The molecule has 1 N–H and O–H groups in total. The van der Waals surface area contributed by atoms with E-state index in [1.54, 1.807) is 24.3 Å². The molecule has 0 aliphatic carbocycles. The van der Waals surface area contributed by atoms with Crippen molar-refractivity contribution in [2.45, 2.75) is 19.3 Å². The van der Waals surface area contributed by atoms with Crippen molar-refractivity contribution in [3.05, 3.63) is 87.4 Å². The fourth-order valence-electron chi connectivity index (χ4n) is 3.01. The molecule has 3 rings (SSSR count). The number of benzene rings is 3. The molecule has 3 aromatic carbocycles. The van der Waals surface area contributed by atoms with Crippen LogP contribution in [-0.4, -0.2) is 5.11 Å². The summed E-state index contributed by atoms with van der Waals surface area (Å²) in [6.07, 6.45) is 0. The predicted molar refractivity (Wildman–Crippen MR) is 107 cm³/mol. The van der Waals surface area contributed by atoms with Gasteiger partial charge in [-0.1, -0.05) is 61.3 Å². The Morgan fingerprint density at radius 2 is 1.50 bits per heavy atom. The van der Waals surface area contributed by atoms with Gasteiger partial charge >= 0.3 is 0 Å². The van der Waals surface area contributed by atoms with E-state index in [9.17, 15) is 10.4 Å². The number of hydrogen-bond acceptors (Lipinski definition) is 2. The molecule has 0 unspecified atom stereocenters. The summed E-state index contributed by atoms with van der Waals surface area (Å²) in [5.74, 6) is 0.221. The summed E-state index contributed by atoms with van der Waals surface area (Å²) in [5, 5.41) is 20.4. The number of aromatic hydroxyl groups is 1. The highest BCUT2D eigenvalue weighted by atomic mass is 35.5. The molecule has 0 bridgehead atoms. The Balaban J connectivity index is 2.13. The maximum atomic E-state index is 9.69. The molecule has 0 atom stereocenters. The van der Waals surface area contributed by atoms with Crippen molar-refractivity contribution in [2.24, 2.45) is 0 Å². The zero-order valence-electron chi connectivity index (χ0n) is 14.4. The Labute approximate surface area is 163 Å². The van der Waals surface area contributed by atoms with Gasteiger partial charge in [-0.3, -0.25) is 0 Å². The minimum Gasteiger partial charge on any atom is -0.508 e. The average molecular weight is 382 g/mol. The predicted octanol–water partition coefficient (Wildman–Crippen LogP) is 6.56. The molecule has 0 spiro atoms. The van der Waals surface area contributed by atoms with E-state index in [2.05, 4.69) is 19.9 Å². The Bertz CT molecular complexity index is 984. The van der Waals surface area contributed by atoms with Crippen molar-refractivity contribution in [1.29, 1.82) is 5.26 Å². The highest BCUT2D eigenvalue weighted by Crippen LogP contribution is 2.39. The average Bonchev–Trinajstić information content (AvgIpc) is 2.62. The van der Waals surface area contributed by atoms with E-state index in [0.29, 0.717) is 21.2 Å². The summed E-state index contributed by atoms with van der Waals surface area (Å²) in [6, 6.07) is 20.4. The number of phenolic OH excluding ortho intramolecular Hbond substituents is 1. The van der Waals surface area contributed by atoms with Crippen LogP contribution in [0.15, 0.2) is 60.7 Å². The van der Waals surface area contributed by atoms with Crippen LogP contribution >= 0.6 is 23.2 Å². The van der Waals surface area contributed by atoms with Crippen molar-refractivity contribution in [1.82, 2.24) is 0 Å². The second-order valence-electron chi connectivity index (χ2n) is 6.67. The third-order valence-corrected chi connectivity index (χ3v) is 5.20. The summed E-state index contributed by atoms with van der Waals surface area (Å²) in [5.41, 5.74) is 3.65. The zero-order valence-corrected chi connectivity index (χ0v) is 15.9. The van der Waals surface area contributed by atoms with E-state index >= 15 is 0 Å². The first-order valence-corrected chi connectivity index (χ1v) is 8.88. The van der Waals surface area contributed by atoms with E-state index in [1.165, 1.54) is 0 Å². The maximum Gasteiger partial charge on any atom is 0.115 e. The first-order chi connectivity index (χ1) is 12.3. The summed E-state index contributed by atoms with van der Waals surface area (Å²) in [7, 11) is 0. The van der Waals surface area contributed by atoms with E-state index in [0.717, 1.165) is 16.7 Å². The van der Waals surface area contributed by atoms with Gasteiger partial charge in [0.05, 0.1) is 16.7 Å². The second-order valence-corrected chi connectivity index (χ2v) is 7.51. The maximum absolute atomic E-state index is 9.69. The van der Waals surface area contributed by atoms with Crippen LogP contribution in [0.3, 0.4) is 0 Å². The lowest BCUT2D eigenvalue weighted by Crippen LogP contribution is -2.19. The third-order valence-electron chi connectivity index (χ3n) is 4.65. The number of rotatable bonds is 3. The van der Waals surface area contributed by atoms with Crippen molar-refractivity contribution in [2.75, 3.05) is 0 Å². The lowest BCUT2D eigenvalue weighted by atomic mass is 9.77. The van der Waals surface area contributed by atoms with Gasteiger partial charge < -0.3 is 5.11 Å².